The third-order valence-electron chi connectivity index (χ3n) is 4.17. The SMILES string of the molecule is CCCn1nc(C(=O)NNC(=S)NCc2ccc(F)cc2)c2ccccc2c1=O. The second-order valence-corrected chi connectivity index (χ2v) is 6.72. The Morgan fingerprint density at radius 2 is 1.79 bits per heavy atom. The van der Waals surface area contributed by atoms with Gasteiger partial charge in [0.05, 0.1) is 5.39 Å². The first-order valence-electron chi connectivity index (χ1n) is 9.08. The smallest absolute Gasteiger partial charge is 0.290 e. The van der Waals surface area contributed by atoms with Gasteiger partial charge in [-0.25, -0.2) is 9.07 Å². The number of aromatic nitrogens is 2. The van der Waals surface area contributed by atoms with Crippen molar-refractivity contribution in [3.8, 4) is 0 Å². The summed E-state index contributed by atoms with van der Waals surface area (Å²) < 4.78 is 14.2. The number of aryl methyl sites for hydroxylation is 1. The third kappa shape index (κ3) is 4.94. The Morgan fingerprint density at radius 3 is 2.48 bits per heavy atom. The van der Waals surface area contributed by atoms with E-state index in [-0.39, 0.29) is 22.2 Å². The van der Waals surface area contributed by atoms with E-state index >= 15 is 0 Å². The zero-order valence-electron chi connectivity index (χ0n) is 15.7. The molecule has 0 aliphatic heterocycles. The van der Waals surface area contributed by atoms with Crippen LogP contribution in [-0.4, -0.2) is 20.8 Å². The normalized spacial score (nSPS) is 10.6. The lowest BCUT2D eigenvalue weighted by molar-refractivity contribution is 0.0938. The summed E-state index contributed by atoms with van der Waals surface area (Å²) in [6, 6.07) is 12.8. The fourth-order valence-corrected chi connectivity index (χ4v) is 2.89. The van der Waals surface area contributed by atoms with E-state index in [4.69, 9.17) is 12.2 Å². The number of nitrogens with one attached hydrogen (secondary N) is 3. The number of amides is 1. The maximum Gasteiger partial charge on any atom is 0.290 e. The molecule has 0 fully saturated rings. The largest absolute Gasteiger partial charge is 0.357 e. The van der Waals surface area contributed by atoms with Crippen LogP contribution in [0.25, 0.3) is 10.8 Å². The summed E-state index contributed by atoms with van der Waals surface area (Å²) in [7, 11) is 0. The first-order valence-corrected chi connectivity index (χ1v) is 9.49. The highest BCUT2D eigenvalue weighted by molar-refractivity contribution is 7.80. The number of benzene rings is 2. The van der Waals surface area contributed by atoms with Gasteiger partial charge in [-0.1, -0.05) is 37.3 Å². The number of fused-ring (bicyclic) bond motifs is 1. The molecular formula is C20H20FN5O2S. The summed E-state index contributed by atoms with van der Waals surface area (Å²) in [5.74, 6) is -0.831. The van der Waals surface area contributed by atoms with Gasteiger partial charge in [0.15, 0.2) is 10.8 Å². The minimum Gasteiger partial charge on any atom is -0.357 e. The van der Waals surface area contributed by atoms with Crippen molar-refractivity contribution >= 4 is 34.0 Å². The molecule has 0 unspecified atom stereocenters. The van der Waals surface area contributed by atoms with Gasteiger partial charge in [0, 0.05) is 18.5 Å². The van der Waals surface area contributed by atoms with E-state index in [2.05, 4.69) is 21.3 Å². The number of thiocarbonyl (C=S) groups is 1. The molecular weight excluding hydrogens is 393 g/mol. The fourth-order valence-electron chi connectivity index (χ4n) is 2.77. The van der Waals surface area contributed by atoms with Crippen LogP contribution in [0.1, 0.15) is 29.4 Å². The number of nitrogens with zero attached hydrogens (tertiary/aromatic N) is 2. The fraction of sp³-hybridized carbons (Fsp3) is 0.200. The van der Waals surface area contributed by atoms with E-state index in [0.717, 1.165) is 5.56 Å². The highest BCUT2D eigenvalue weighted by Gasteiger charge is 2.16. The molecule has 1 aromatic heterocycles. The predicted molar refractivity (Wildman–Crippen MR) is 113 cm³/mol. The van der Waals surface area contributed by atoms with Crippen molar-refractivity contribution in [3.63, 3.8) is 0 Å². The molecule has 3 aromatic rings. The van der Waals surface area contributed by atoms with Crippen LogP contribution in [0.4, 0.5) is 4.39 Å². The average molecular weight is 413 g/mol. The van der Waals surface area contributed by atoms with Gasteiger partial charge in [-0.2, -0.15) is 5.10 Å². The minimum absolute atomic E-state index is 0.127. The predicted octanol–water partition coefficient (Wildman–Crippen LogP) is 2.25. The van der Waals surface area contributed by atoms with E-state index in [1.807, 2.05) is 6.92 Å². The molecule has 3 N–H and O–H groups in total. The minimum atomic E-state index is -0.517. The van der Waals surface area contributed by atoms with Crippen LogP contribution in [-0.2, 0) is 13.1 Å². The Bertz CT molecular complexity index is 1100. The van der Waals surface area contributed by atoms with Crippen LogP contribution in [0.15, 0.2) is 53.3 Å². The first kappa shape index (κ1) is 20.4. The highest BCUT2D eigenvalue weighted by atomic mass is 32.1. The topological polar surface area (TPSA) is 88.1 Å². The van der Waals surface area contributed by atoms with Gasteiger partial charge in [-0.3, -0.25) is 20.4 Å². The Morgan fingerprint density at radius 1 is 1.10 bits per heavy atom. The van der Waals surface area contributed by atoms with E-state index in [1.54, 1.807) is 36.4 Å². The van der Waals surface area contributed by atoms with Gasteiger partial charge >= 0.3 is 0 Å². The van der Waals surface area contributed by atoms with Crippen molar-refractivity contribution < 1.29 is 9.18 Å². The van der Waals surface area contributed by atoms with Gasteiger partial charge in [0.1, 0.15) is 5.82 Å². The number of hydrazine groups is 1. The van der Waals surface area contributed by atoms with E-state index in [0.29, 0.717) is 30.3 Å². The molecule has 150 valence electrons. The lowest BCUT2D eigenvalue weighted by Gasteiger charge is -2.13. The highest BCUT2D eigenvalue weighted by Crippen LogP contribution is 2.13. The molecule has 0 saturated carbocycles. The van der Waals surface area contributed by atoms with Gasteiger partial charge in [0.25, 0.3) is 11.5 Å². The Kier molecular flexibility index (Phi) is 6.50. The van der Waals surface area contributed by atoms with Gasteiger partial charge in [-0.05, 0) is 42.4 Å². The van der Waals surface area contributed by atoms with Crippen LogP contribution < -0.4 is 21.7 Å². The monoisotopic (exact) mass is 413 g/mol. The number of carbonyl (C=O) groups is 1. The number of carbonyl (C=O) groups excluding carboxylic acids is 1. The summed E-state index contributed by atoms with van der Waals surface area (Å²) >= 11 is 5.14. The molecule has 3 rings (SSSR count). The Balaban J connectivity index is 1.69. The zero-order chi connectivity index (χ0) is 20.8. The molecule has 0 saturated heterocycles. The van der Waals surface area contributed by atoms with Gasteiger partial charge < -0.3 is 5.32 Å². The van der Waals surface area contributed by atoms with Crippen LogP contribution in [0.5, 0.6) is 0 Å². The van der Waals surface area contributed by atoms with Crippen LogP contribution in [0, 0.1) is 5.82 Å². The quantitative estimate of drug-likeness (QED) is 0.439. The molecule has 1 amide bonds. The van der Waals surface area contributed by atoms with E-state index < -0.39 is 5.91 Å². The van der Waals surface area contributed by atoms with Crippen LogP contribution in [0.3, 0.4) is 0 Å². The molecule has 29 heavy (non-hydrogen) atoms. The Labute approximate surface area is 171 Å². The van der Waals surface area contributed by atoms with E-state index in [9.17, 15) is 14.0 Å². The average Bonchev–Trinajstić information content (AvgIpc) is 2.73. The number of rotatable bonds is 5. The first-order chi connectivity index (χ1) is 14.0. The molecule has 0 spiro atoms. The van der Waals surface area contributed by atoms with Crippen molar-refractivity contribution in [2.24, 2.45) is 0 Å². The second kappa shape index (κ2) is 9.24. The molecule has 1 heterocycles. The molecule has 7 nitrogen and oxygen atoms in total. The molecule has 0 bridgehead atoms. The van der Waals surface area contributed by atoms with Crippen molar-refractivity contribution in [1.29, 1.82) is 0 Å². The van der Waals surface area contributed by atoms with Crippen molar-refractivity contribution in [2.75, 3.05) is 0 Å². The van der Waals surface area contributed by atoms with Crippen LogP contribution in [0.2, 0.25) is 0 Å². The molecule has 0 aliphatic rings. The van der Waals surface area contributed by atoms with Gasteiger partial charge in [-0.15, -0.1) is 0 Å². The van der Waals surface area contributed by atoms with E-state index in [1.165, 1.54) is 16.8 Å². The number of halogens is 1. The Hall–Kier alpha value is -3.33. The molecule has 0 radical (unpaired) electrons. The maximum absolute atomic E-state index is 12.9. The molecule has 0 aliphatic carbocycles. The second-order valence-electron chi connectivity index (χ2n) is 6.31. The molecule has 2 aromatic carbocycles. The zero-order valence-corrected chi connectivity index (χ0v) is 16.6. The number of hydrogen-bond donors (Lipinski definition) is 3. The summed E-state index contributed by atoms with van der Waals surface area (Å²) in [6.07, 6.45) is 0.710. The van der Waals surface area contributed by atoms with Crippen LogP contribution >= 0.6 is 12.2 Å². The molecule has 9 heteroatoms. The summed E-state index contributed by atoms with van der Waals surface area (Å²) in [4.78, 5) is 25.2. The number of hydrogen-bond acceptors (Lipinski definition) is 4. The third-order valence-corrected chi connectivity index (χ3v) is 4.42. The summed E-state index contributed by atoms with van der Waals surface area (Å²) in [6.45, 7) is 2.70. The lowest BCUT2D eigenvalue weighted by atomic mass is 10.1. The van der Waals surface area contributed by atoms with Gasteiger partial charge in [0.2, 0.25) is 0 Å². The maximum atomic E-state index is 12.9. The standard InChI is InChI=1S/C20H20FN5O2S/c1-2-11-26-19(28)16-6-4-3-5-15(16)17(25-26)18(27)23-24-20(29)22-12-13-7-9-14(21)10-8-13/h3-10H,2,11-12H2,1H3,(H,23,27)(H2,22,24,29). The summed E-state index contributed by atoms with van der Waals surface area (Å²) in [5.41, 5.74) is 5.84. The van der Waals surface area contributed by atoms with Crippen molar-refractivity contribution in [1.82, 2.24) is 25.9 Å². The molecule has 0 atom stereocenters. The van der Waals surface area contributed by atoms with Crippen molar-refractivity contribution in [2.45, 2.75) is 26.4 Å². The van der Waals surface area contributed by atoms with Crippen molar-refractivity contribution in [3.05, 3.63) is 76.0 Å². The lowest BCUT2D eigenvalue weighted by Crippen LogP contribution is -2.47. The summed E-state index contributed by atoms with van der Waals surface area (Å²) in [5, 5.41) is 8.22.